The Labute approximate surface area is 245 Å². The van der Waals surface area contributed by atoms with Crippen LogP contribution in [0.1, 0.15) is 49.9 Å². The fourth-order valence-corrected chi connectivity index (χ4v) is 5.43. The first-order valence-electron chi connectivity index (χ1n) is 13.9. The molecule has 4 aromatic rings. The molecule has 1 amide bonds. The van der Waals surface area contributed by atoms with Crippen LogP contribution in [0.25, 0.3) is 0 Å². The molecule has 1 aliphatic rings. The molecule has 1 atom stereocenters. The Balaban J connectivity index is 1.46. The molecule has 3 aromatic carbocycles. The predicted octanol–water partition coefficient (Wildman–Crippen LogP) is 6.99. The monoisotopic (exact) mass is 569 g/mol. The fourth-order valence-electron chi connectivity index (χ4n) is 4.74. The second-order valence-electron chi connectivity index (χ2n) is 9.81. The zero-order chi connectivity index (χ0) is 28.8. The van der Waals surface area contributed by atoms with Crippen LogP contribution in [0.3, 0.4) is 0 Å². The summed E-state index contributed by atoms with van der Waals surface area (Å²) in [6.07, 6.45) is 1.01. The van der Waals surface area contributed by atoms with Crippen molar-refractivity contribution in [3.8, 4) is 11.5 Å². The van der Waals surface area contributed by atoms with Crippen LogP contribution in [-0.4, -0.2) is 33.0 Å². The predicted molar refractivity (Wildman–Crippen MR) is 164 cm³/mol. The van der Waals surface area contributed by atoms with Crippen LogP contribution in [0.4, 0.5) is 11.6 Å². The van der Waals surface area contributed by atoms with Crippen LogP contribution < -0.4 is 20.1 Å². The summed E-state index contributed by atoms with van der Waals surface area (Å²) in [5, 5.41) is 11.9. The van der Waals surface area contributed by atoms with Crippen molar-refractivity contribution >= 4 is 29.3 Å². The van der Waals surface area contributed by atoms with Crippen molar-refractivity contribution < 1.29 is 14.3 Å². The number of nitrogens with one attached hydrogen (secondary N) is 2. The van der Waals surface area contributed by atoms with E-state index in [1.165, 1.54) is 5.56 Å². The van der Waals surface area contributed by atoms with E-state index < -0.39 is 6.04 Å². The van der Waals surface area contributed by atoms with Crippen molar-refractivity contribution in [3.05, 3.63) is 101 Å². The lowest BCUT2D eigenvalue weighted by atomic mass is 9.95. The Kier molecular flexibility index (Phi) is 8.94. The molecular weight excluding hydrogens is 534 g/mol. The van der Waals surface area contributed by atoms with Crippen molar-refractivity contribution in [1.29, 1.82) is 0 Å². The summed E-state index contributed by atoms with van der Waals surface area (Å²) in [6.45, 7) is 8.98. The van der Waals surface area contributed by atoms with Gasteiger partial charge in [-0.2, -0.15) is 4.98 Å². The molecular formula is C32H35N5O3S. The van der Waals surface area contributed by atoms with Gasteiger partial charge in [-0.05, 0) is 62.6 Å². The highest BCUT2D eigenvalue weighted by molar-refractivity contribution is 7.99. The van der Waals surface area contributed by atoms with Crippen LogP contribution >= 0.6 is 11.8 Å². The number of carbonyl (C=O) groups is 1. The first kappa shape index (κ1) is 28.3. The van der Waals surface area contributed by atoms with E-state index in [0.717, 1.165) is 29.1 Å². The van der Waals surface area contributed by atoms with Crippen LogP contribution in [0.2, 0.25) is 0 Å². The highest BCUT2D eigenvalue weighted by atomic mass is 32.2. The third kappa shape index (κ3) is 6.57. The topological polar surface area (TPSA) is 90.3 Å². The van der Waals surface area contributed by atoms with Gasteiger partial charge in [0.15, 0.2) is 0 Å². The number of benzene rings is 3. The molecule has 5 rings (SSSR count). The van der Waals surface area contributed by atoms with E-state index in [-0.39, 0.29) is 5.91 Å². The van der Waals surface area contributed by atoms with E-state index in [2.05, 4.69) is 42.7 Å². The number of ether oxygens (including phenoxy) is 2. The first-order chi connectivity index (χ1) is 20.0. The molecule has 0 saturated heterocycles. The van der Waals surface area contributed by atoms with E-state index >= 15 is 0 Å². The third-order valence-electron chi connectivity index (χ3n) is 6.63. The minimum atomic E-state index is -0.486. The number of hydrogen-bond donors (Lipinski definition) is 2. The number of carbonyl (C=O) groups excluding carboxylic acids is 1. The smallest absolute Gasteiger partial charge is 0.255 e. The maximum atomic E-state index is 13.9. The van der Waals surface area contributed by atoms with Crippen molar-refractivity contribution in [2.24, 2.45) is 0 Å². The summed E-state index contributed by atoms with van der Waals surface area (Å²) in [7, 11) is 0. The van der Waals surface area contributed by atoms with Gasteiger partial charge in [0.1, 0.15) is 24.1 Å². The SMILES string of the molecule is CCCSc1nc2n(n1)C(c1ccc(OCc3cccc(C)c3)cc1)C(C(=O)Nc1ccccc1OCC)=C(C)N2. The van der Waals surface area contributed by atoms with Gasteiger partial charge >= 0.3 is 0 Å². The Morgan fingerprint density at radius 1 is 1.02 bits per heavy atom. The molecule has 1 aliphatic heterocycles. The average Bonchev–Trinajstić information content (AvgIpc) is 3.38. The molecule has 8 nitrogen and oxygen atoms in total. The van der Waals surface area contributed by atoms with Gasteiger partial charge in [0.05, 0.1) is 17.9 Å². The molecule has 2 N–H and O–H groups in total. The van der Waals surface area contributed by atoms with Crippen LogP contribution in [0, 0.1) is 6.92 Å². The Bertz CT molecular complexity index is 1550. The number of aromatic nitrogens is 3. The zero-order valence-corrected chi connectivity index (χ0v) is 24.6. The lowest BCUT2D eigenvalue weighted by Crippen LogP contribution is -2.31. The number of aryl methyl sites for hydroxylation is 1. The Morgan fingerprint density at radius 3 is 2.59 bits per heavy atom. The number of nitrogens with zero attached hydrogens (tertiary/aromatic N) is 3. The summed E-state index contributed by atoms with van der Waals surface area (Å²) in [6, 6.07) is 23.1. The number of fused-ring (bicyclic) bond motifs is 1. The van der Waals surface area contributed by atoms with Crippen molar-refractivity contribution in [1.82, 2.24) is 14.8 Å². The molecule has 0 radical (unpaired) electrons. The molecule has 1 aromatic heterocycles. The number of allylic oxidation sites excluding steroid dienone is 1. The van der Waals surface area contributed by atoms with Crippen LogP contribution in [-0.2, 0) is 11.4 Å². The maximum Gasteiger partial charge on any atom is 0.255 e. The van der Waals surface area contributed by atoms with E-state index in [0.29, 0.717) is 47.0 Å². The quantitative estimate of drug-likeness (QED) is 0.188. The molecule has 9 heteroatoms. The summed E-state index contributed by atoms with van der Waals surface area (Å²) in [4.78, 5) is 18.6. The van der Waals surface area contributed by atoms with Gasteiger partial charge in [0, 0.05) is 11.4 Å². The average molecular weight is 570 g/mol. The van der Waals surface area contributed by atoms with Crippen LogP contribution in [0.15, 0.2) is 89.2 Å². The fraction of sp³-hybridized carbons (Fsp3) is 0.281. The standard InChI is InChI=1S/C32H35N5O3S/c1-5-18-41-32-35-31-33-22(4)28(30(38)34-26-12-7-8-13-27(26)39-6-2)29(37(31)36-32)24-14-16-25(17-15-24)40-20-23-11-9-10-21(3)19-23/h7-17,19,29H,5-6,18,20H2,1-4H3,(H,34,38)(H,33,35,36). The third-order valence-corrected chi connectivity index (χ3v) is 7.68. The number of rotatable bonds is 11. The molecule has 0 bridgehead atoms. The maximum absolute atomic E-state index is 13.9. The van der Waals surface area contributed by atoms with Crippen LogP contribution in [0.5, 0.6) is 11.5 Å². The molecule has 1 unspecified atom stereocenters. The van der Waals surface area contributed by atoms with Gasteiger partial charge in [-0.1, -0.05) is 72.8 Å². The molecule has 0 aliphatic carbocycles. The van der Waals surface area contributed by atoms with E-state index in [1.54, 1.807) is 16.4 Å². The molecule has 0 fully saturated rings. The summed E-state index contributed by atoms with van der Waals surface area (Å²) in [5.41, 5.74) is 5.09. The number of anilines is 2. The highest BCUT2D eigenvalue weighted by Gasteiger charge is 2.34. The minimum absolute atomic E-state index is 0.240. The Hall–Kier alpha value is -4.24. The summed E-state index contributed by atoms with van der Waals surface area (Å²) < 4.78 is 13.6. The van der Waals surface area contributed by atoms with Crippen molar-refractivity contribution in [3.63, 3.8) is 0 Å². The summed E-state index contributed by atoms with van der Waals surface area (Å²) >= 11 is 1.60. The number of amides is 1. The van der Waals surface area contributed by atoms with Gasteiger partial charge in [0.25, 0.3) is 5.91 Å². The van der Waals surface area contributed by atoms with E-state index in [4.69, 9.17) is 19.6 Å². The molecule has 212 valence electrons. The molecule has 2 heterocycles. The van der Waals surface area contributed by atoms with Gasteiger partial charge in [-0.25, -0.2) is 4.68 Å². The normalized spacial score (nSPS) is 14.3. The lowest BCUT2D eigenvalue weighted by molar-refractivity contribution is -0.113. The molecule has 41 heavy (non-hydrogen) atoms. The van der Waals surface area contributed by atoms with Gasteiger partial charge in [-0.15, -0.1) is 5.10 Å². The van der Waals surface area contributed by atoms with Crippen molar-refractivity contribution in [2.75, 3.05) is 23.0 Å². The largest absolute Gasteiger partial charge is 0.492 e. The Morgan fingerprint density at radius 2 is 1.83 bits per heavy atom. The number of thioether (sulfide) groups is 1. The minimum Gasteiger partial charge on any atom is -0.492 e. The van der Waals surface area contributed by atoms with Crippen molar-refractivity contribution in [2.45, 2.75) is 51.9 Å². The number of para-hydroxylation sites is 2. The number of hydrogen-bond acceptors (Lipinski definition) is 7. The van der Waals surface area contributed by atoms with Gasteiger partial charge < -0.3 is 20.1 Å². The molecule has 0 spiro atoms. The van der Waals surface area contributed by atoms with Gasteiger partial charge in [0.2, 0.25) is 11.1 Å². The van der Waals surface area contributed by atoms with E-state index in [9.17, 15) is 4.79 Å². The second kappa shape index (κ2) is 13.0. The lowest BCUT2D eigenvalue weighted by Gasteiger charge is -2.29. The zero-order valence-electron chi connectivity index (χ0n) is 23.8. The van der Waals surface area contributed by atoms with E-state index in [1.807, 2.05) is 68.4 Å². The molecule has 0 saturated carbocycles. The highest BCUT2D eigenvalue weighted by Crippen LogP contribution is 2.38. The second-order valence-corrected chi connectivity index (χ2v) is 10.9. The summed E-state index contributed by atoms with van der Waals surface area (Å²) in [5.74, 6) is 2.65. The van der Waals surface area contributed by atoms with Gasteiger partial charge in [-0.3, -0.25) is 4.79 Å². The first-order valence-corrected chi connectivity index (χ1v) is 14.8.